The van der Waals surface area contributed by atoms with Gasteiger partial charge in [0.05, 0.1) is 0 Å². The summed E-state index contributed by atoms with van der Waals surface area (Å²) in [5.74, 6) is 0. The summed E-state index contributed by atoms with van der Waals surface area (Å²) in [5.41, 5.74) is 3.85. The summed E-state index contributed by atoms with van der Waals surface area (Å²) in [7, 11) is 0. The molecule has 1 aliphatic rings. The largest absolute Gasteiger partial charge is 0.346 e. The average molecular weight is 173 g/mol. The summed E-state index contributed by atoms with van der Waals surface area (Å²) in [5, 5.41) is 0. The Morgan fingerprint density at radius 3 is 2.46 bits per heavy atom. The molecule has 0 aliphatic carbocycles. The van der Waals surface area contributed by atoms with Gasteiger partial charge >= 0.3 is 0 Å². The van der Waals surface area contributed by atoms with Gasteiger partial charge in [-0.15, -0.1) is 0 Å². The minimum atomic E-state index is 1.13. The molecule has 0 N–H and O–H groups in total. The van der Waals surface area contributed by atoms with Gasteiger partial charge in [-0.05, 0) is 31.9 Å². The van der Waals surface area contributed by atoms with Crippen molar-refractivity contribution in [3.05, 3.63) is 42.1 Å². The second-order valence-electron chi connectivity index (χ2n) is 3.66. The molecule has 0 saturated carbocycles. The molecule has 0 atom stereocenters. The van der Waals surface area contributed by atoms with Crippen LogP contribution in [0.5, 0.6) is 0 Å². The second-order valence-corrected chi connectivity index (χ2v) is 3.66. The van der Waals surface area contributed by atoms with E-state index >= 15 is 0 Å². The first kappa shape index (κ1) is 8.36. The normalized spacial score (nSPS) is 16.7. The summed E-state index contributed by atoms with van der Waals surface area (Å²) in [4.78, 5) is 2.30. The van der Waals surface area contributed by atoms with Gasteiger partial charge in [0.15, 0.2) is 0 Å². The first-order valence-corrected chi connectivity index (χ1v) is 4.79. The molecule has 0 spiro atoms. The quantitative estimate of drug-likeness (QED) is 0.630. The molecule has 1 heterocycles. The van der Waals surface area contributed by atoms with Crippen LogP contribution >= 0.6 is 0 Å². The topological polar surface area (TPSA) is 3.24 Å². The molecule has 1 aromatic rings. The Balaban J connectivity index is 2.25. The number of benzene rings is 1. The Morgan fingerprint density at radius 2 is 1.92 bits per heavy atom. The molecule has 1 fully saturated rings. The van der Waals surface area contributed by atoms with Crippen LogP contribution in [0.15, 0.2) is 36.5 Å². The van der Waals surface area contributed by atoms with Gasteiger partial charge in [-0.1, -0.05) is 24.3 Å². The van der Waals surface area contributed by atoms with E-state index in [0.717, 1.165) is 13.0 Å². The Bertz CT molecular complexity index is 310. The molecule has 0 amide bonds. The third kappa shape index (κ3) is 1.59. The summed E-state index contributed by atoms with van der Waals surface area (Å²) in [6, 6.07) is 8.65. The van der Waals surface area contributed by atoms with Gasteiger partial charge in [-0.2, -0.15) is 0 Å². The molecule has 1 heteroatoms. The van der Waals surface area contributed by atoms with Crippen molar-refractivity contribution in [1.82, 2.24) is 0 Å². The van der Waals surface area contributed by atoms with Gasteiger partial charge < -0.3 is 4.90 Å². The number of hydrogen-bond acceptors (Lipinski definition) is 1. The maximum absolute atomic E-state index is 4.06. The van der Waals surface area contributed by atoms with Crippen molar-refractivity contribution in [2.45, 2.75) is 19.8 Å². The zero-order valence-corrected chi connectivity index (χ0v) is 8.09. The van der Waals surface area contributed by atoms with E-state index < -0.39 is 0 Å². The molecule has 0 unspecified atom stereocenters. The predicted octanol–water partition coefficient (Wildman–Crippen LogP) is 3.11. The number of hydrogen-bond donors (Lipinski definition) is 0. The molecule has 0 radical (unpaired) electrons. The van der Waals surface area contributed by atoms with Crippen LogP contribution in [0.4, 0.5) is 5.69 Å². The smallest absolute Gasteiger partial charge is 0.0408 e. The number of rotatable bonds is 1. The third-order valence-corrected chi connectivity index (χ3v) is 2.57. The van der Waals surface area contributed by atoms with Crippen LogP contribution in [0.25, 0.3) is 0 Å². The standard InChI is InChI=1S/C12H15N/c1-10-5-7-12(8-6-10)13-9-3-4-11(13)2/h5-8H,2-4,9H2,1H3. The van der Waals surface area contributed by atoms with E-state index in [2.05, 4.69) is 42.7 Å². The lowest BCUT2D eigenvalue weighted by Crippen LogP contribution is -2.14. The van der Waals surface area contributed by atoms with Crippen molar-refractivity contribution in [3.8, 4) is 0 Å². The van der Waals surface area contributed by atoms with Gasteiger partial charge in [0.1, 0.15) is 0 Å². The summed E-state index contributed by atoms with van der Waals surface area (Å²) in [6.45, 7) is 7.30. The predicted molar refractivity (Wildman–Crippen MR) is 56.9 cm³/mol. The number of nitrogens with zero attached hydrogens (tertiary/aromatic N) is 1. The van der Waals surface area contributed by atoms with E-state index in [1.807, 2.05) is 0 Å². The first-order valence-electron chi connectivity index (χ1n) is 4.79. The zero-order valence-electron chi connectivity index (χ0n) is 8.09. The van der Waals surface area contributed by atoms with Crippen LogP contribution in [0.2, 0.25) is 0 Å². The maximum atomic E-state index is 4.06. The van der Waals surface area contributed by atoms with Gasteiger partial charge in [0.25, 0.3) is 0 Å². The fourth-order valence-electron chi connectivity index (χ4n) is 1.77. The van der Waals surface area contributed by atoms with Gasteiger partial charge in [0, 0.05) is 17.9 Å². The summed E-state index contributed by atoms with van der Waals surface area (Å²) < 4.78 is 0. The van der Waals surface area contributed by atoms with E-state index in [4.69, 9.17) is 0 Å². The Morgan fingerprint density at radius 1 is 1.23 bits per heavy atom. The molecule has 1 nitrogen and oxygen atoms in total. The molecule has 0 bridgehead atoms. The van der Waals surface area contributed by atoms with Crippen molar-refractivity contribution in [1.29, 1.82) is 0 Å². The minimum absolute atomic E-state index is 1.13. The highest BCUT2D eigenvalue weighted by Gasteiger charge is 2.15. The van der Waals surface area contributed by atoms with Crippen LogP contribution in [0, 0.1) is 6.92 Å². The molecule has 1 saturated heterocycles. The van der Waals surface area contributed by atoms with E-state index in [1.54, 1.807) is 0 Å². The van der Waals surface area contributed by atoms with E-state index in [9.17, 15) is 0 Å². The van der Waals surface area contributed by atoms with Gasteiger partial charge in [-0.25, -0.2) is 0 Å². The highest BCUT2D eigenvalue weighted by atomic mass is 15.2. The van der Waals surface area contributed by atoms with Gasteiger partial charge in [-0.3, -0.25) is 0 Å². The maximum Gasteiger partial charge on any atom is 0.0408 e. The second kappa shape index (κ2) is 3.25. The van der Waals surface area contributed by atoms with E-state index in [1.165, 1.54) is 23.4 Å². The van der Waals surface area contributed by atoms with Crippen molar-refractivity contribution in [3.63, 3.8) is 0 Å². The fraction of sp³-hybridized carbons (Fsp3) is 0.333. The monoisotopic (exact) mass is 173 g/mol. The highest BCUT2D eigenvalue weighted by molar-refractivity contribution is 5.53. The lowest BCUT2D eigenvalue weighted by molar-refractivity contribution is 0.956. The van der Waals surface area contributed by atoms with Crippen LogP contribution in [-0.4, -0.2) is 6.54 Å². The molecule has 68 valence electrons. The highest BCUT2D eigenvalue weighted by Crippen LogP contribution is 2.26. The lowest BCUT2D eigenvalue weighted by atomic mass is 10.2. The SMILES string of the molecule is C=C1CCCN1c1ccc(C)cc1. The van der Waals surface area contributed by atoms with Crippen LogP contribution < -0.4 is 4.90 Å². The Kier molecular flexibility index (Phi) is 2.09. The summed E-state index contributed by atoms with van der Waals surface area (Å²) in [6.07, 6.45) is 2.39. The molecule has 13 heavy (non-hydrogen) atoms. The lowest BCUT2D eigenvalue weighted by Gasteiger charge is -2.19. The minimum Gasteiger partial charge on any atom is -0.346 e. The van der Waals surface area contributed by atoms with Crippen molar-refractivity contribution in [2.75, 3.05) is 11.4 Å². The van der Waals surface area contributed by atoms with Crippen LogP contribution in [0.3, 0.4) is 0 Å². The molecular weight excluding hydrogens is 158 g/mol. The molecule has 2 rings (SSSR count). The van der Waals surface area contributed by atoms with Crippen LogP contribution in [-0.2, 0) is 0 Å². The first-order chi connectivity index (χ1) is 6.27. The Hall–Kier alpha value is -1.24. The number of allylic oxidation sites excluding steroid dienone is 1. The molecule has 1 aromatic carbocycles. The van der Waals surface area contributed by atoms with Crippen LogP contribution in [0.1, 0.15) is 18.4 Å². The number of aryl methyl sites for hydroxylation is 1. The summed E-state index contributed by atoms with van der Waals surface area (Å²) >= 11 is 0. The van der Waals surface area contributed by atoms with E-state index in [-0.39, 0.29) is 0 Å². The molecule has 1 aliphatic heterocycles. The zero-order chi connectivity index (χ0) is 9.26. The number of anilines is 1. The molecular formula is C12H15N. The molecule has 0 aromatic heterocycles. The van der Waals surface area contributed by atoms with Crippen molar-refractivity contribution in [2.24, 2.45) is 0 Å². The van der Waals surface area contributed by atoms with Gasteiger partial charge in [0.2, 0.25) is 0 Å². The van der Waals surface area contributed by atoms with Crippen molar-refractivity contribution >= 4 is 5.69 Å². The third-order valence-electron chi connectivity index (χ3n) is 2.57. The van der Waals surface area contributed by atoms with Crippen molar-refractivity contribution < 1.29 is 0 Å². The van der Waals surface area contributed by atoms with E-state index in [0.29, 0.717) is 0 Å². The average Bonchev–Trinajstić information content (AvgIpc) is 2.53. The fourth-order valence-corrected chi connectivity index (χ4v) is 1.77. The Labute approximate surface area is 79.7 Å².